The third-order valence-corrected chi connectivity index (χ3v) is 4.02. The van der Waals surface area contributed by atoms with Crippen molar-refractivity contribution >= 4 is 23.2 Å². The Bertz CT molecular complexity index is 610. The zero-order chi connectivity index (χ0) is 17.5. The molecule has 2 aromatic carbocycles. The molecule has 0 spiro atoms. The average molecular weight is 373 g/mol. The Morgan fingerprint density at radius 3 is 0.913 bits per heavy atom. The summed E-state index contributed by atoms with van der Waals surface area (Å²) in [5.41, 5.74) is -1.52. The van der Waals surface area contributed by atoms with E-state index in [1.54, 1.807) is 0 Å². The van der Waals surface area contributed by atoms with Crippen LogP contribution >= 0.6 is 23.2 Å². The van der Waals surface area contributed by atoms with Crippen molar-refractivity contribution in [2.75, 3.05) is 0 Å². The molecule has 0 bridgehead atoms. The molecule has 2 rings (SSSR count). The van der Waals surface area contributed by atoms with Gasteiger partial charge in [-0.1, -0.05) is 47.5 Å². The highest BCUT2D eigenvalue weighted by Gasteiger charge is 2.35. The predicted molar refractivity (Wildman–Crippen MR) is 75.4 cm³/mol. The number of alkyl halides is 8. The molecule has 0 aliphatic heterocycles. The Kier molecular flexibility index (Phi) is 4.61. The molecule has 0 radical (unpaired) electrons. The first-order chi connectivity index (χ1) is 10.4. The van der Waals surface area contributed by atoms with Crippen molar-refractivity contribution in [3.8, 4) is 0 Å². The van der Waals surface area contributed by atoms with Gasteiger partial charge in [0, 0.05) is 0 Å². The maximum absolute atomic E-state index is 12.5. The molecule has 124 valence electrons. The van der Waals surface area contributed by atoms with Gasteiger partial charge in [0.25, 0.3) is 0 Å². The van der Waals surface area contributed by atoms with Crippen LogP contribution in [0.15, 0.2) is 48.5 Å². The van der Waals surface area contributed by atoms with E-state index in [0.717, 1.165) is 48.5 Å². The zero-order valence-corrected chi connectivity index (χ0v) is 12.7. The first-order valence-electron chi connectivity index (χ1n) is 6.15. The molecule has 23 heavy (non-hydrogen) atoms. The van der Waals surface area contributed by atoms with Crippen LogP contribution in [0.1, 0.15) is 22.3 Å². The van der Waals surface area contributed by atoms with Gasteiger partial charge in [-0.3, -0.25) is 0 Å². The molecule has 0 heterocycles. The van der Waals surface area contributed by atoms with Gasteiger partial charge in [0.1, 0.15) is 0 Å². The minimum absolute atomic E-state index is 0.119. The van der Waals surface area contributed by atoms with Crippen molar-refractivity contribution in [1.82, 2.24) is 0 Å². The summed E-state index contributed by atoms with van der Waals surface area (Å²) in [5.74, 6) is 0. The van der Waals surface area contributed by atoms with Gasteiger partial charge in [-0.05, 0) is 35.4 Å². The quantitative estimate of drug-likeness (QED) is 0.422. The number of halogens is 8. The molecule has 0 N–H and O–H groups in total. The van der Waals surface area contributed by atoms with E-state index in [1.807, 2.05) is 0 Å². The van der Waals surface area contributed by atoms with E-state index in [4.69, 9.17) is 23.2 Å². The smallest absolute Gasteiger partial charge is 0.166 e. The van der Waals surface area contributed by atoms with Crippen molar-refractivity contribution in [3.05, 3.63) is 70.8 Å². The topological polar surface area (TPSA) is 0 Å². The van der Waals surface area contributed by atoms with Gasteiger partial charge in [-0.15, -0.1) is 0 Å². The molecule has 0 unspecified atom stereocenters. The molecule has 0 atom stereocenters. The van der Waals surface area contributed by atoms with Crippen LogP contribution in [0, 0.1) is 0 Å². The van der Waals surface area contributed by atoms with Gasteiger partial charge in [0.2, 0.25) is 0 Å². The summed E-state index contributed by atoms with van der Waals surface area (Å²) in [5, 5.41) is 0. The van der Waals surface area contributed by atoms with Crippen molar-refractivity contribution < 1.29 is 26.3 Å². The number of benzene rings is 2. The first-order valence-corrected chi connectivity index (χ1v) is 6.91. The minimum atomic E-state index is -4.51. The van der Waals surface area contributed by atoms with Gasteiger partial charge in [-0.2, -0.15) is 26.3 Å². The van der Waals surface area contributed by atoms with Gasteiger partial charge >= 0.3 is 12.4 Å². The first kappa shape index (κ1) is 17.9. The zero-order valence-electron chi connectivity index (χ0n) is 11.1. The van der Waals surface area contributed by atoms with Crippen LogP contribution in [-0.2, 0) is 16.7 Å². The van der Waals surface area contributed by atoms with Crippen molar-refractivity contribution in [3.63, 3.8) is 0 Å². The Labute approximate surface area is 137 Å². The Morgan fingerprint density at radius 1 is 0.478 bits per heavy atom. The summed E-state index contributed by atoms with van der Waals surface area (Å²) in [4.78, 5) is 0. The highest BCUT2D eigenvalue weighted by atomic mass is 35.5. The van der Waals surface area contributed by atoms with Gasteiger partial charge in [0.05, 0.1) is 11.1 Å². The lowest BCUT2D eigenvalue weighted by molar-refractivity contribution is -0.138. The Balaban J connectivity index is 2.34. The maximum Gasteiger partial charge on any atom is 0.416 e. The van der Waals surface area contributed by atoms with Crippen molar-refractivity contribution in [2.24, 2.45) is 0 Å². The van der Waals surface area contributed by atoms with E-state index in [0.29, 0.717) is 0 Å². The lowest BCUT2D eigenvalue weighted by Crippen LogP contribution is -2.14. The normalized spacial score (nSPS) is 13.2. The molecule has 0 saturated carbocycles. The third kappa shape index (κ3) is 3.93. The number of rotatable bonds is 2. The summed E-state index contributed by atoms with van der Waals surface area (Å²) in [6.45, 7) is 0. The fourth-order valence-corrected chi connectivity index (χ4v) is 2.41. The number of hydrogen-bond acceptors (Lipinski definition) is 0. The van der Waals surface area contributed by atoms with Crippen LogP contribution in [0.3, 0.4) is 0 Å². The summed E-state index contributed by atoms with van der Waals surface area (Å²) in [7, 11) is 0. The molecule has 0 aliphatic rings. The summed E-state index contributed by atoms with van der Waals surface area (Å²) >= 11 is 12.2. The maximum atomic E-state index is 12.5. The molecule has 2 aromatic rings. The molecular weight excluding hydrogens is 365 g/mol. The largest absolute Gasteiger partial charge is 0.416 e. The summed E-state index contributed by atoms with van der Waals surface area (Å²) in [6, 6.07) is 7.55. The van der Waals surface area contributed by atoms with Gasteiger partial charge in [-0.25, -0.2) is 0 Å². The molecule has 0 saturated heterocycles. The summed E-state index contributed by atoms with van der Waals surface area (Å²) < 4.78 is 73.4. The minimum Gasteiger partial charge on any atom is -0.166 e. The second-order valence-corrected chi connectivity index (χ2v) is 6.05. The van der Waals surface area contributed by atoms with Crippen LogP contribution in [0.2, 0.25) is 0 Å². The van der Waals surface area contributed by atoms with Gasteiger partial charge in [0.15, 0.2) is 4.33 Å². The Hall–Kier alpha value is -1.40. The fraction of sp³-hybridized carbons (Fsp3) is 0.200. The van der Waals surface area contributed by atoms with E-state index in [9.17, 15) is 26.3 Å². The average Bonchev–Trinajstić information content (AvgIpc) is 2.46. The molecule has 8 heteroatoms. The predicted octanol–water partition coefficient (Wildman–Crippen LogP) is 6.40. The van der Waals surface area contributed by atoms with Crippen molar-refractivity contribution in [1.29, 1.82) is 0 Å². The second-order valence-electron chi connectivity index (χ2n) is 4.72. The van der Waals surface area contributed by atoms with E-state index < -0.39 is 27.8 Å². The molecule has 0 fully saturated rings. The van der Waals surface area contributed by atoms with Crippen LogP contribution in [0.5, 0.6) is 0 Å². The Morgan fingerprint density at radius 2 is 0.696 bits per heavy atom. The fourth-order valence-electron chi connectivity index (χ4n) is 1.90. The SMILES string of the molecule is FC(F)(F)c1ccc(C(Cl)(Cl)c2ccc(C(F)(F)F)cc2)cc1. The lowest BCUT2D eigenvalue weighted by Gasteiger charge is -2.22. The van der Waals surface area contributed by atoms with E-state index in [-0.39, 0.29) is 11.1 Å². The van der Waals surface area contributed by atoms with Crippen LogP contribution in [0.4, 0.5) is 26.3 Å². The highest BCUT2D eigenvalue weighted by molar-refractivity contribution is 6.50. The van der Waals surface area contributed by atoms with E-state index >= 15 is 0 Å². The third-order valence-electron chi connectivity index (χ3n) is 3.15. The van der Waals surface area contributed by atoms with E-state index in [1.165, 1.54) is 0 Å². The highest BCUT2D eigenvalue weighted by Crippen LogP contribution is 2.42. The van der Waals surface area contributed by atoms with E-state index in [2.05, 4.69) is 0 Å². The standard InChI is InChI=1S/C15H8Cl2F6/c16-13(17,9-1-5-11(6-2-9)14(18,19)20)10-3-7-12(8-4-10)15(21,22)23/h1-8H. The van der Waals surface area contributed by atoms with Crippen LogP contribution < -0.4 is 0 Å². The van der Waals surface area contributed by atoms with Crippen LogP contribution in [-0.4, -0.2) is 0 Å². The molecular formula is C15H8Cl2F6. The second kappa shape index (κ2) is 5.91. The molecule has 0 nitrogen and oxygen atoms in total. The van der Waals surface area contributed by atoms with Crippen molar-refractivity contribution in [2.45, 2.75) is 16.7 Å². The monoisotopic (exact) mass is 372 g/mol. The number of hydrogen-bond donors (Lipinski definition) is 0. The molecule has 0 aromatic heterocycles. The summed E-state index contributed by atoms with van der Waals surface area (Å²) in [6.07, 6.45) is -9.01. The van der Waals surface area contributed by atoms with Gasteiger partial charge < -0.3 is 0 Å². The molecule has 0 amide bonds. The lowest BCUT2D eigenvalue weighted by atomic mass is 10.0. The van der Waals surface area contributed by atoms with Crippen LogP contribution in [0.25, 0.3) is 0 Å². The molecule has 0 aliphatic carbocycles.